The number of rotatable bonds is 6. The van der Waals surface area contributed by atoms with Crippen molar-refractivity contribution in [2.75, 3.05) is 26.7 Å². The van der Waals surface area contributed by atoms with Crippen molar-refractivity contribution in [2.24, 2.45) is 4.99 Å². The molecule has 5 nitrogen and oxygen atoms in total. The molecule has 1 aliphatic heterocycles. The quantitative estimate of drug-likeness (QED) is 0.612. The summed E-state index contributed by atoms with van der Waals surface area (Å²) in [5.74, 6) is 2.84. The van der Waals surface area contributed by atoms with Crippen LogP contribution in [0, 0.1) is 13.8 Å². The van der Waals surface area contributed by atoms with E-state index in [1.54, 1.807) is 0 Å². The highest BCUT2D eigenvalue weighted by atomic mass is 32.1. The molecule has 3 rings (SSSR count). The highest BCUT2D eigenvalue weighted by Gasteiger charge is 2.26. The molecule has 2 N–H and O–H groups in total. The molecule has 0 saturated carbocycles. The highest BCUT2D eigenvalue weighted by Crippen LogP contribution is 2.26. The van der Waals surface area contributed by atoms with Crippen molar-refractivity contribution >= 4 is 17.3 Å². The monoisotopic (exact) mass is 360 g/mol. The maximum Gasteiger partial charge on any atom is 0.191 e. The predicted molar refractivity (Wildman–Crippen MR) is 104 cm³/mol. The predicted octanol–water partition coefficient (Wildman–Crippen LogP) is 3.46. The van der Waals surface area contributed by atoms with Crippen molar-refractivity contribution in [3.63, 3.8) is 0 Å². The topological polar surface area (TPSA) is 52.8 Å². The molecule has 2 aromatic heterocycles. The molecule has 0 bridgehead atoms. The second-order valence-electron chi connectivity index (χ2n) is 6.53. The first kappa shape index (κ1) is 18.0. The van der Waals surface area contributed by atoms with E-state index in [4.69, 9.17) is 4.42 Å². The van der Waals surface area contributed by atoms with Crippen LogP contribution >= 0.6 is 11.3 Å². The van der Waals surface area contributed by atoms with Gasteiger partial charge in [-0.2, -0.15) is 0 Å². The molecule has 1 unspecified atom stereocenters. The van der Waals surface area contributed by atoms with E-state index in [0.29, 0.717) is 0 Å². The normalized spacial score (nSPS) is 17.0. The summed E-state index contributed by atoms with van der Waals surface area (Å²) >= 11 is 1.82. The van der Waals surface area contributed by atoms with Crippen LogP contribution in [0.5, 0.6) is 0 Å². The molecule has 2 aromatic rings. The lowest BCUT2D eigenvalue weighted by molar-refractivity contribution is 0.213. The average Bonchev–Trinajstić information content (AvgIpc) is 3.34. The number of guanidine groups is 1. The lowest BCUT2D eigenvalue weighted by Gasteiger charge is -2.26. The molecule has 1 fully saturated rings. The number of nitrogens with one attached hydrogen (secondary N) is 2. The molecule has 136 valence electrons. The Balaban J connectivity index is 1.58. The van der Waals surface area contributed by atoms with E-state index in [9.17, 15) is 0 Å². The zero-order valence-electron chi connectivity index (χ0n) is 15.3. The second kappa shape index (κ2) is 8.54. The molecule has 25 heavy (non-hydrogen) atoms. The van der Waals surface area contributed by atoms with Crippen LogP contribution in [-0.4, -0.2) is 37.5 Å². The van der Waals surface area contributed by atoms with Gasteiger partial charge in [-0.1, -0.05) is 0 Å². The van der Waals surface area contributed by atoms with Gasteiger partial charge in [0.05, 0.1) is 12.6 Å². The average molecular weight is 361 g/mol. The fraction of sp³-hybridized carbons (Fsp3) is 0.526. The van der Waals surface area contributed by atoms with Crippen LogP contribution < -0.4 is 10.6 Å². The number of aryl methyl sites for hydroxylation is 2. The molecule has 6 heteroatoms. The molecule has 1 atom stereocenters. The molecule has 0 amide bonds. The summed E-state index contributed by atoms with van der Waals surface area (Å²) in [6.07, 6.45) is 2.53. The third kappa shape index (κ3) is 4.86. The maximum absolute atomic E-state index is 5.92. The Morgan fingerprint density at radius 2 is 2.00 bits per heavy atom. The molecule has 0 aromatic carbocycles. The lowest BCUT2D eigenvalue weighted by atomic mass is 10.2. The maximum atomic E-state index is 5.92. The first-order valence-corrected chi connectivity index (χ1v) is 9.77. The van der Waals surface area contributed by atoms with Gasteiger partial charge in [-0.15, -0.1) is 11.3 Å². The van der Waals surface area contributed by atoms with E-state index in [2.05, 4.69) is 45.6 Å². The third-order valence-corrected chi connectivity index (χ3v) is 5.58. The van der Waals surface area contributed by atoms with Gasteiger partial charge >= 0.3 is 0 Å². The van der Waals surface area contributed by atoms with Crippen LogP contribution in [-0.2, 0) is 6.54 Å². The first-order chi connectivity index (χ1) is 12.2. The minimum atomic E-state index is 0.249. The Bertz CT molecular complexity index is 700. The summed E-state index contributed by atoms with van der Waals surface area (Å²) in [5, 5.41) is 6.87. The number of likely N-dealkylation sites (tertiary alicyclic amines) is 1. The summed E-state index contributed by atoms with van der Waals surface area (Å²) < 4.78 is 5.92. The van der Waals surface area contributed by atoms with Gasteiger partial charge in [-0.05, 0) is 64.0 Å². The largest absolute Gasteiger partial charge is 0.465 e. The van der Waals surface area contributed by atoms with Crippen molar-refractivity contribution in [2.45, 2.75) is 39.3 Å². The van der Waals surface area contributed by atoms with Gasteiger partial charge in [-0.3, -0.25) is 9.89 Å². The lowest BCUT2D eigenvalue weighted by Crippen LogP contribution is -2.42. The van der Waals surface area contributed by atoms with Crippen molar-refractivity contribution in [3.05, 3.63) is 45.5 Å². The first-order valence-electron chi connectivity index (χ1n) is 8.96. The molecule has 0 aliphatic carbocycles. The fourth-order valence-electron chi connectivity index (χ4n) is 3.26. The van der Waals surface area contributed by atoms with Crippen LogP contribution in [0.15, 0.2) is 33.7 Å². The Labute approximate surface area is 154 Å². The number of hydrogen-bond acceptors (Lipinski definition) is 4. The fourth-order valence-corrected chi connectivity index (χ4v) is 4.09. The van der Waals surface area contributed by atoms with Gasteiger partial charge in [0.1, 0.15) is 11.5 Å². The zero-order chi connectivity index (χ0) is 17.6. The number of thiophene rings is 1. The van der Waals surface area contributed by atoms with E-state index in [-0.39, 0.29) is 6.04 Å². The van der Waals surface area contributed by atoms with E-state index >= 15 is 0 Å². The standard InChI is InChI=1S/C19H28N4OS/c1-14-6-9-18(24-14)17(23-10-4-5-11-23)13-22-19(20-3)21-12-16-8-7-15(2)25-16/h6-9,17H,4-5,10-13H2,1-3H3,(H2,20,21,22). The minimum Gasteiger partial charge on any atom is -0.465 e. The summed E-state index contributed by atoms with van der Waals surface area (Å²) in [5.41, 5.74) is 0. The Morgan fingerprint density at radius 1 is 1.20 bits per heavy atom. The van der Waals surface area contributed by atoms with Gasteiger partial charge in [0.15, 0.2) is 5.96 Å². The molecule has 0 radical (unpaired) electrons. The summed E-state index contributed by atoms with van der Waals surface area (Å²) in [4.78, 5) is 9.51. The van der Waals surface area contributed by atoms with Crippen molar-refractivity contribution < 1.29 is 4.42 Å². The number of nitrogens with zero attached hydrogens (tertiary/aromatic N) is 2. The van der Waals surface area contributed by atoms with Gasteiger partial charge in [0.2, 0.25) is 0 Å². The third-order valence-electron chi connectivity index (χ3n) is 4.58. The van der Waals surface area contributed by atoms with Gasteiger partial charge in [0, 0.05) is 23.3 Å². The van der Waals surface area contributed by atoms with Crippen molar-refractivity contribution in [3.8, 4) is 0 Å². The van der Waals surface area contributed by atoms with Crippen LogP contribution in [0.2, 0.25) is 0 Å². The van der Waals surface area contributed by atoms with Crippen LogP contribution in [0.3, 0.4) is 0 Å². The second-order valence-corrected chi connectivity index (χ2v) is 7.90. The van der Waals surface area contributed by atoms with Gasteiger partial charge in [0.25, 0.3) is 0 Å². The van der Waals surface area contributed by atoms with Crippen LogP contribution in [0.25, 0.3) is 0 Å². The van der Waals surface area contributed by atoms with Gasteiger partial charge < -0.3 is 15.1 Å². The number of aliphatic imine (C=N–C) groups is 1. The smallest absolute Gasteiger partial charge is 0.191 e. The Kier molecular flexibility index (Phi) is 6.15. The number of hydrogen-bond donors (Lipinski definition) is 2. The van der Waals surface area contributed by atoms with Crippen LogP contribution in [0.4, 0.5) is 0 Å². The van der Waals surface area contributed by atoms with E-state index in [1.807, 2.05) is 31.4 Å². The van der Waals surface area contributed by atoms with Gasteiger partial charge in [-0.25, -0.2) is 0 Å². The Morgan fingerprint density at radius 3 is 2.60 bits per heavy atom. The molecule has 1 aliphatic rings. The summed E-state index contributed by atoms with van der Waals surface area (Å²) in [6, 6.07) is 8.72. The SMILES string of the molecule is CN=C(NCc1ccc(C)s1)NCC(c1ccc(C)o1)N1CCCC1. The van der Waals surface area contributed by atoms with Crippen LogP contribution in [0.1, 0.15) is 40.2 Å². The summed E-state index contributed by atoms with van der Waals surface area (Å²) in [6.45, 7) is 7.98. The summed E-state index contributed by atoms with van der Waals surface area (Å²) in [7, 11) is 1.82. The number of furan rings is 1. The van der Waals surface area contributed by atoms with E-state index in [0.717, 1.165) is 43.7 Å². The molecular weight excluding hydrogens is 332 g/mol. The van der Waals surface area contributed by atoms with E-state index in [1.165, 1.54) is 22.6 Å². The Hall–Kier alpha value is -1.79. The molecule has 3 heterocycles. The van der Waals surface area contributed by atoms with E-state index < -0.39 is 0 Å². The van der Waals surface area contributed by atoms with Crippen molar-refractivity contribution in [1.82, 2.24) is 15.5 Å². The highest BCUT2D eigenvalue weighted by molar-refractivity contribution is 7.11. The zero-order valence-corrected chi connectivity index (χ0v) is 16.2. The minimum absolute atomic E-state index is 0.249. The molecular formula is C19H28N4OS. The van der Waals surface area contributed by atoms with Crippen molar-refractivity contribution in [1.29, 1.82) is 0 Å². The molecule has 1 saturated heterocycles. The molecule has 0 spiro atoms.